The van der Waals surface area contributed by atoms with Crippen LogP contribution in [0.1, 0.15) is 12.8 Å². The number of amides is 1. The van der Waals surface area contributed by atoms with Crippen LogP contribution in [0.5, 0.6) is 11.5 Å². The van der Waals surface area contributed by atoms with Crippen molar-refractivity contribution in [1.82, 2.24) is 10.6 Å². The summed E-state index contributed by atoms with van der Waals surface area (Å²) in [6, 6.07) is 7.31. The summed E-state index contributed by atoms with van der Waals surface area (Å²) in [5.74, 6) is 1.81. The van der Waals surface area contributed by atoms with Crippen LogP contribution in [0.4, 0.5) is 0 Å². The van der Waals surface area contributed by atoms with Crippen molar-refractivity contribution in [3.05, 3.63) is 24.3 Å². The van der Waals surface area contributed by atoms with Crippen LogP contribution in [0.15, 0.2) is 24.3 Å². The Morgan fingerprint density at radius 1 is 1.38 bits per heavy atom. The predicted molar refractivity (Wildman–Crippen MR) is 84.3 cm³/mol. The highest BCUT2D eigenvalue weighted by molar-refractivity contribution is 5.85. The van der Waals surface area contributed by atoms with Gasteiger partial charge in [-0.05, 0) is 44.0 Å². The molecule has 6 heteroatoms. The van der Waals surface area contributed by atoms with E-state index in [-0.39, 0.29) is 24.9 Å². The number of carbonyl (C=O) groups excluding carboxylic acids is 1. The Morgan fingerprint density at radius 2 is 2.14 bits per heavy atom. The quantitative estimate of drug-likeness (QED) is 0.803. The predicted octanol–water partition coefficient (Wildman–Crippen LogP) is 1.61. The van der Waals surface area contributed by atoms with E-state index in [4.69, 9.17) is 9.47 Å². The third kappa shape index (κ3) is 5.81. The number of carbonyl (C=O) groups is 1. The second-order valence-electron chi connectivity index (χ2n) is 4.94. The number of benzene rings is 1. The molecule has 1 unspecified atom stereocenters. The number of ether oxygens (including phenoxy) is 2. The number of nitrogens with one attached hydrogen (secondary N) is 2. The Morgan fingerprint density at radius 3 is 2.81 bits per heavy atom. The maximum atomic E-state index is 11.7. The second-order valence-corrected chi connectivity index (χ2v) is 4.94. The van der Waals surface area contributed by atoms with E-state index in [2.05, 4.69) is 10.6 Å². The van der Waals surface area contributed by atoms with Crippen molar-refractivity contribution >= 4 is 18.3 Å². The summed E-state index contributed by atoms with van der Waals surface area (Å²) in [6.07, 6.45) is 2.22. The van der Waals surface area contributed by atoms with E-state index in [0.29, 0.717) is 24.0 Å². The Balaban J connectivity index is 0.00000220. The summed E-state index contributed by atoms with van der Waals surface area (Å²) in [5.41, 5.74) is 0. The van der Waals surface area contributed by atoms with Gasteiger partial charge in [0, 0.05) is 6.54 Å². The first kappa shape index (κ1) is 17.6. The number of methoxy groups -OCH3 is 1. The molecule has 2 N–H and O–H groups in total. The topological polar surface area (TPSA) is 59.6 Å². The molecule has 0 aliphatic carbocycles. The fraction of sp³-hybridized carbons (Fsp3) is 0.533. The van der Waals surface area contributed by atoms with Crippen molar-refractivity contribution < 1.29 is 14.3 Å². The summed E-state index contributed by atoms with van der Waals surface area (Å²) in [5, 5.41) is 6.20. The molecule has 21 heavy (non-hydrogen) atoms. The van der Waals surface area contributed by atoms with Crippen molar-refractivity contribution in [3.63, 3.8) is 0 Å². The lowest BCUT2D eigenvalue weighted by molar-refractivity contribution is -0.123. The lowest BCUT2D eigenvalue weighted by Gasteiger charge is -2.11. The van der Waals surface area contributed by atoms with Crippen LogP contribution < -0.4 is 20.1 Å². The van der Waals surface area contributed by atoms with Gasteiger partial charge in [0.1, 0.15) is 0 Å². The summed E-state index contributed by atoms with van der Waals surface area (Å²) in [6.45, 7) is 2.88. The van der Waals surface area contributed by atoms with E-state index in [1.54, 1.807) is 19.2 Å². The van der Waals surface area contributed by atoms with Crippen LogP contribution in [0.25, 0.3) is 0 Å². The third-order valence-corrected chi connectivity index (χ3v) is 3.46. The van der Waals surface area contributed by atoms with Crippen LogP contribution in [0.3, 0.4) is 0 Å². The Bertz CT molecular complexity index is 437. The minimum atomic E-state index is -0.0955. The zero-order valence-electron chi connectivity index (χ0n) is 12.3. The highest BCUT2D eigenvalue weighted by Gasteiger charge is 2.14. The monoisotopic (exact) mass is 314 g/mol. The van der Waals surface area contributed by atoms with E-state index < -0.39 is 0 Å². The van der Waals surface area contributed by atoms with Gasteiger partial charge in [-0.3, -0.25) is 4.79 Å². The third-order valence-electron chi connectivity index (χ3n) is 3.46. The molecule has 0 aromatic heterocycles. The summed E-state index contributed by atoms with van der Waals surface area (Å²) in [7, 11) is 1.58. The maximum absolute atomic E-state index is 11.7. The van der Waals surface area contributed by atoms with E-state index in [1.807, 2.05) is 12.1 Å². The standard InChI is InChI=1S/C15H22N2O3.ClH/c1-19-13-4-2-3-5-14(13)20-11-15(18)17-9-7-12-6-8-16-10-12;/h2-5,12,16H,6-11H2,1H3,(H,17,18);1H. The number of para-hydroxylation sites is 2. The van der Waals surface area contributed by atoms with E-state index in [9.17, 15) is 4.79 Å². The highest BCUT2D eigenvalue weighted by atomic mass is 35.5. The van der Waals surface area contributed by atoms with Crippen molar-refractivity contribution in [2.75, 3.05) is 33.4 Å². The molecule has 1 saturated heterocycles. The number of hydrogen-bond donors (Lipinski definition) is 2. The molecule has 0 bridgehead atoms. The van der Waals surface area contributed by atoms with Gasteiger partial charge < -0.3 is 20.1 Å². The van der Waals surface area contributed by atoms with E-state index >= 15 is 0 Å². The number of hydrogen-bond acceptors (Lipinski definition) is 4. The smallest absolute Gasteiger partial charge is 0.257 e. The summed E-state index contributed by atoms with van der Waals surface area (Å²) in [4.78, 5) is 11.7. The maximum Gasteiger partial charge on any atom is 0.257 e. The Kier molecular flexibility index (Phi) is 7.93. The summed E-state index contributed by atoms with van der Waals surface area (Å²) < 4.78 is 10.6. The molecule has 1 aliphatic rings. The molecule has 5 nitrogen and oxygen atoms in total. The first-order valence-corrected chi connectivity index (χ1v) is 7.03. The van der Waals surface area contributed by atoms with Crippen molar-refractivity contribution in [2.24, 2.45) is 5.92 Å². The van der Waals surface area contributed by atoms with Gasteiger partial charge in [-0.15, -0.1) is 12.4 Å². The van der Waals surface area contributed by atoms with Crippen LogP contribution in [0, 0.1) is 5.92 Å². The molecule has 1 aromatic carbocycles. The minimum absolute atomic E-state index is 0. The fourth-order valence-corrected chi connectivity index (χ4v) is 2.31. The van der Waals surface area contributed by atoms with E-state index in [1.165, 1.54) is 6.42 Å². The van der Waals surface area contributed by atoms with Crippen LogP contribution in [0.2, 0.25) is 0 Å². The molecule has 1 atom stereocenters. The second kappa shape index (κ2) is 9.47. The van der Waals surface area contributed by atoms with Crippen molar-refractivity contribution in [1.29, 1.82) is 0 Å². The molecular weight excluding hydrogens is 292 g/mol. The minimum Gasteiger partial charge on any atom is -0.493 e. The SMILES string of the molecule is COc1ccccc1OCC(=O)NCCC1CCNC1.Cl. The molecular formula is C15H23ClN2O3. The lowest BCUT2D eigenvalue weighted by atomic mass is 10.1. The zero-order valence-corrected chi connectivity index (χ0v) is 13.1. The molecule has 118 valence electrons. The first-order valence-electron chi connectivity index (χ1n) is 7.03. The average Bonchev–Trinajstić information content (AvgIpc) is 2.98. The Labute approximate surface area is 131 Å². The molecule has 1 heterocycles. The number of rotatable bonds is 7. The van der Waals surface area contributed by atoms with Gasteiger partial charge in [0.15, 0.2) is 18.1 Å². The molecule has 1 aromatic rings. The molecule has 2 rings (SSSR count). The van der Waals surface area contributed by atoms with Crippen LogP contribution in [-0.4, -0.2) is 39.3 Å². The molecule has 1 amide bonds. The van der Waals surface area contributed by atoms with Crippen LogP contribution >= 0.6 is 12.4 Å². The molecule has 1 fully saturated rings. The van der Waals surface area contributed by atoms with Crippen molar-refractivity contribution in [3.8, 4) is 11.5 Å². The number of halogens is 1. The van der Waals surface area contributed by atoms with Crippen molar-refractivity contribution in [2.45, 2.75) is 12.8 Å². The zero-order chi connectivity index (χ0) is 14.2. The van der Waals surface area contributed by atoms with E-state index in [0.717, 1.165) is 19.5 Å². The first-order chi connectivity index (χ1) is 9.79. The lowest BCUT2D eigenvalue weighted by Crippen LogP contribution is -2.30. The van der Waals surface area contributed by atoms with Gasteiger partial charge in [-0.1, -0.05) is 12.1 Å². The molecule has 0 saturated carbocycles. The summed E-state index contributed by atoms with van der Waals surface area (Å²) >= 11 is 0. The largest absolute Gasteiger partial charge is 0.493 e. The molecule has 0 radical (unpaired) electrons. The van der Waals surface area contributed by atoms with Gasteiger partial charge >= 0.3 is 0 Å². The fourth-order valence-electron chi connectivity index (χ4n) is 2.31. The van der Waals surface area contributed by atoms with Gasteiger partial charge in [0.2, 0.25) is 0 Å². The highest BCUT2D eigenvalue weighted by Crippen LogP contribution is 2.25. The molecule has 1 aliphatic heterocycles. The van der Waals surface area contributed by atoms with Gasteiger partial charge in [0.05, 0.1) is 7.11 Å². The normalized spacial score (nSPS) is 16.9. The Hall–Kier alpha value is -1.46. The average molecular weight is 315 g/mol. The van der Waals surface area contributed by atoms with Gasteiger partial charge in [-0.25, -0.2) is 0 Å². The molecule has 0 spiro atoms. The van der Waals surface area contributed by atoms with Gasteiger partial charge in [0.25, 0.3) is 5.91 Å². The van der Waals surface area contributed by atoms with Gasteiger partial charge in [-0.2, -0.15) is 0 Å². The van der Waals surface area contributed by atoms with Crippen LogP contribution in [-0.2, 0) is 4.79 Å².